The van der Waals surface area contributed by atoms with Crippen LogP contribution in [0.3, 0.4) is 0 Å². The Morgan fingerprint density at radius 1 is 1.27 bits per heavy atom. The third-order valence-electron chi connectivity index (χ3n) is 2.67. The van der Waals surface area contributed by atoms with Gasteiger partial charge in [0, 0.05) is 11.0 Å². The van der Waals surface area contributed by atoms with Gasteiger partial charge in [-0.05, 0) is 41.9 Å². The molecule has 0 fully saturated rings. The van der Waals surface area contributed by atoms with Crippen molar-refractivity contribution in [1.82, 2.24) is 15.4 Å². The van der Waals surface area contributed by atoms with Crippen molar-refractivity contribution in [2.24, 2.45) is 0 Å². The lowest BCUT2D eigenvalue weighted by atomic mass is 10.3. The van der Waals surface area contributed by atoms with E-state index in [-0.39, 0.29) is 10.8 Å². The van der Waals surface area contributed by atoms with Gasteiger partial charge in [-0.1, -0.05) is 12.1 Å². The largest absolute Gasteiger partial charge is 0.355 e. The highest BCUT2D eigenvalue weighted by atomic mass is 79.9. The summed E-state index contributed by atoms with van der Waals surface area (Å²) in [6.45, 7) is 3.28. The molecule has 1 aromatic rings. The molecule has 0 bridgehead atoms. The van der Waals surface area contributed by atoms with Gasteiger partial charge in [0.15, 0.2) is 0 Å². The summed E-state index contributed by atoms with van der Waals surface area (Å²) in [6, 6.07) is 5.54. The molecule has 22 heavy (non-hydrogen) atoms. The van der Waals surface area contributed by atoms with E-state index in [1.165, 1.54) is 13.0 Å². The second-order valence-electron chi connectivity index (χ2n) is 4.44. The van der Waals surface area contributed by atoms with Crippen molar-refractivity contribution >= 4 is 37.8 Å². The van der Waals surface area contributed by atoms with Crippen LogP contribution in [0.25, 0.3) is 0 Å². The molecular formula is C13H18BrN3O4S. The van der Waals surface area contributed by atoms with Crippen molar-refractivity contribution in [3.8, 4) is 0 Å². The first-order chi connectivity index (χ1) is 10.3. The van der Waals surface area contributed by atoms with E-state index in [1.807, 2.05) is 0 Å². The molecule has 0 saturated heterocycles. The van der Waals surface area contributed by atoms with E-state index < -0.39 is 28.5 Å². The van der Waals surface area contributed by atoms with Gasteiger partial charge in [-0.25, -0.2) is 13.1 Å². The minimum atomic E-state index is -3.81. The zero-order valence-electron chi connectivity index (χ0n) is 12.2. The predicted octanol–water partition coefficient (Wildman–Crippen LogP) is 0.368. The SMILES string of the molecule is CCNC(=O)[C@@H](C)NC(=O)CNS(=O)(=O)c1ccccc1Br. The Hall–Kier alpha value is -1.45. The Bertz CT molecular complexity index is 648. The summed E-state index contributed by atoms with van der Waals surface area (Å²) < 4.78 is 26.8. The molecule has 2 amide bonds. The van der Waals surface area contributed by atoms with E-state index in [4.69, 9.17) is 0 Å². The van der Waals surface area contributed by atoms with Crippen LogP contribution in [0.1, 0.15) is 13.8 Å². The first kappa shape index (κ1) is 18.6. The van der Waals surface area contributed by atoms with E-state index in [1.54, 1.807) is 25.1 Å². The average molecular weight is 392 g/mol. The van der Waals surface area contributed by atoms with Gasteiger partial charge >= 0.3 is 0 Å². The summed E-state index contributed by atoms with van der Waals surface area (Å²) >= 11 is 3.14. The van der Waals surface area contributed by atoms with Gasteiger partial charge in [-0.15, -0.1) is 0 Å². The number of nitrogens with one attached hydrogen (secondary N) is 3. The summed E-state index contributed by atoms with van der Waals surface area (Å²) in [7, 11) is -3.81. The fourth-order valence-electron chi connectivity index (χ4n) is 1.59. The summed E-state index contributed by atoms with van der Waals surface area (Å²) in [5, 5.41) is 4.97. The van der Waals surface area contributed by atoms with E-state index in [0.29, 0.717) is 11.0 Å². The Morgan fingerprint density at radius 2 is 1.91 bits per heavy atom. The number of benzene rings is 1. The third kappa shape index (κ3) is 5.39. The molecular weight excluding hydrogens is 374 g/mol. The van der Waals surface area contributed by atoms with Gasteiger partial charge in [0.25, 0.3) is 0 Å². The number of likely N-dealkylation sites (N-methyl/N-ethyl adjacent to an activating group) is 1. The molecule has 9 heteroatoms. The number of amides is 2. The van der Waals surface area contributed by atoms with Gasteiger partial charge in [-0.3, -0.25) is 9.59 Å². The number of halogens is 1. The second kappa shape index (κ2) is 8.25. The van der Waals surface area contributed by atoms with Gasteiger partial charge < -0.3 is 10.6 Å². The summed E-state index contributed by atoms with van der Waals surface area (Å²) in [4.78, 5) is 23.2. The lowest BCUT2D eigenvalue weighted by Crippen LogP contribution is -2.47. The highest BCUT2D eigenvalue weighted by Gasteiger charge is 2.20. The van der Waals surface area contributed by atoms with Crippen LogP contribution < -0.4 is 15.4 Å². The molecule has 1 atom stereocenters. The normalized spacial score (nSPS) is 12.5. The smallest absolute Gasteiger partial charge is 0.242 e. The number of sulfonamides is 1. The van der Waals surface area contributed by atoms with E-state index in [9.17, 15) is 18.0 Å². The van der Waals surface area contributed by atoms with Crippen molar-refractivity contribution in [3.63, 3.8) is 0 Å². The Kier molecular flexibility index (Phi) is 6.98. The van der Waals surface area contributed by atoms with Crippen LogP contribution in [0.4, 0.5) is 0 Å². The quantitative estimate of drug-likeness (QED) is 0.624. The maximum Gasteiger partial charge on any atom is 0.242 e. The standard InChI is InChI=1S/C13H18BrN3O4S/c1-3-15-13(19)9(2)17-12(18)8-16-22(20,21)11-7-5-4-6-10(11)14/h4-7,9,16H,3,8H2,1-2H3,(H,15,19)(H,17,18)/t9-/m1/s1. The number of hydrogen-bond acceptors (Lipinski definition) is 4. The Morgan fingerprint density at radius 3 is 2.50 bits per heavy atom. The summed E-state index contributed by atoms with van der Waals surface area (Å²) in [5.74, 6) is -0.918. The molecule has 0 unspecified atom stereocenters. The molecule has 0 saturated carbocycles. The monoisotopic (exact) mass is 391 g/mol. The number of rotatable bonds is 7. The van der Waals surface area contributed by atoms with Crippen LogP contribution in [-0.4, -0.2) is 39.4 Å². The highest BCUT2D eigenvalue weighted by Crippen LogP contribution is 2.20. The highest BCUT2D eigenvalue weighted by molar-refractivity contribution is 9.10. The Labute approximate surface area is 138 Å². The minimum absolute atomic E-state index is 0.0413. The fourth-order valence-corrected chi connectivity index (χ4v) is 3.57. The van der Waals surface area contributed by atoms with Crippen LogP contribution in [0, 0.1) is 0 Å². The van der Waals surface area contributed by atoms with Crippen LogP contribution in [-0.2, 0) is 19.6 Å². The third-order valence-corrected chi connectivity index (χ3v) is 5.08. The average Bonchev–Trinajstić information content (AvgIpc) is 2.45. The molecule has 122 valence electrons. The summed E-state index contributed by atoms with van der Waals surface area (Å²) in [6.07, 6.45) is 0. The van der Waals surface area contributed by atoms with E-state index in [0.717, 1.165) is 0 Å². The lowest BCUT2D eigenvalue weighted by molar-refractivity contribution is -0.127. The zero-order valence-corrected chi connectivity index (χ0v) is 14.6. The molecule has 0 aliphatic carbocycles. The maximum atomic E-state index is 12.1. The zero-order chi connectivity index (χ0) is 16.8. The van der Waals surface area contributed by atoms with Crippen LogP contribution >= 0.6 is 15.9 Å². The van der Waals surface area contributed by atoms with Crippen LogP contribution in [0.15, 0.2) is 33.6 Å². The van der Waals surface area contributed by atoms with Gasteiger partial charge in [0.05, 0.1) is 11.4 Å². The maximum absolute atomic E-state index is 12.1. The van der Waals surface area contributed by atoms with Gasteiger partial charge in [-0.2, -0.15) is 0 Å². The molecule has 1 aromatic carbocycles. The number of carbonyl (C=O) groups is 2. The molecule has 1 rings (SSSR count). The molecule has 0 aliphatic heterocycles. The molecule has 0 radical (unpaired) electrons. The molecule has 3 N–H and O–H groups in total. The van der Waals surface area contributed by atoms with Crippen molar-refractivity contribution in [2.45, 2.75) is 24.8 Å². The van der Waals surface area contributed by atoms with Crippen LogP contribution in [0.5, 0.6) is 0 Å². The predicted molar refractivity (Wildman–Crippen MR) is 85.6 cm³/mol. The molecule has 0 aliphatic rings. The summed E-state index contributed by atoms with van der Waals surface area (Å²) in [5.41, 5.74) is 0. The van der Waals surface area contributed by atoms with Gasteiger partial charge in [0.2, 0.25) is 21.8 Å². The molecule has 0 spiro atoms. The number of carbonyl (C=O) groups excluding carboxylic acids is 2. The lowest BCUT2D eigenvalue weighted by Gasteiger charge is -2.14. The molecule has 0 aromatic heterocycles. The van der Waals surface area contributed by atoms with E-state index >= 15 is 0 Å². The van der Waals surface area contributed by atoms with Crippen molar-refractivity contribution < 1.29 is 18.0 Å². The molecule has 0 heterocycles. The minimum Gasteiger partial charge on any atom is -0.355 e. The van der Waals surface area contributed by atoms with Crippen molar-refractivity contribution in [1.29, 1.82) is 0 Å². The van der Waals surface area contributed by atoms with Crippen molar-refractivity contribution in [3.05, 3.63) is 28.7 Å². The first-order valence-electron chi connectivity index (χ1n) is 6.59. The van der Waals surface area contributed by atoms with Gasteiger partial charge in [0.1, 0.15) is 6.04 Å². The van der Waals surface area contributed by atoms with E-state index in [2.05, 4.69) is 31.3 Å². The number of hydrogen-bond donors (Lipinski definition) is 3. The van der Waals surface area contributed by atoms with Crippen molar-refractivity contribution in [2.75, 3.05) is 13.1 Å². The topological polar surface area (TPSA) is 104 Å². The second-order valence-corrected chi connectivity index (χ2v) is 7.03. The first-order valence-corrected chi connectivity index (χ1v) is 8.86. The Balaban J connectivity index is 2.60. The molecule has 7 nitrogen and oxygen atoms in total. The van der Waals surface area contributed by atoms with Crippen LogP contribution in [0.2, 0.25) is 0 Å². The fraction of sp³-hybridized carbons (Fsp3) is 0.385.